The Morgan fingerprint density at radius 2 is 2.00 bits per heavy atom. The molecule has 0 spiro atoms. The smallest absolute Gasteiger partial charge is 0.408 e. The topological polar surface area (TPSA) is 68.3 Å². The lowest BCUT2D eigenvalue weighted by atomic mass is 10.1. The Balaban J connectivity index is 1.68. The van der Waals surface area contributed by atoms with Gasteiger partial charge in [-0.15, -0.1) is 0 Å². The van der Waals surface area contributed by atoms with Gasteiger partial charge in [0, 0.05) is 17.1 Å². The van der Waals surface area contributed by atoms with Gasteiger partial charge in [-0.1, -0.05) is 23.7 Å². The molecule has 3 heterocycles. The minimum absolute atomic E-state index is 0.00910. The van der Waals surface area contributed by atoms with Crippen molar-refractivity contribution in [2.24, 2.45) is 0 Å². The van der Waals surface area contributed by atoms with E-state index in [0.29, 0.717) is 16.1 Å². The van der Waals surface area contributed by atoms with Crippen LogP contribution in [-0.2, 0) is 11.3 Å². The number of hydrogen-bond acceptors (Lipinski definition) is 4. The van der Waals surface area contributed by atoms with Gasteiger partial charge in [0.25, 0.3) is 5.56 Å². The number of benzene rings is 1. The molecule has 0 radical (unpaired) electrons. The molecular weight excluding hydrogens is 411 g/mol. The van der Waals surface area contributed by atoms with Crippen LogP contribution >= 0.6 is 11.6 Å². The summed E-state index contributed by atoms with van der Waals surface area (Å²) >= 11 is 5.89. The molecule has 1 amide bonds. The van der Waals surface area contributed by atoms with Crippen LogP contribution in [0.2, 0.25) is 5.02 Å². The van der Waals surface area contributed by atoms with Crippen molar-refractivity contribution >= 4 is 28.6 Å². The Bertz CT molecular complexity index is 1120. The molecule has 10 heteroatoms. The summed E-state index contributed by atoms with van der Waals surface area (Å²) in [5.41, 5.74) is 0.640. The van der Waals surface area contributed by atoms with Crippen LogP contribution in [-0.4, -0.2) is 39.1 Å². The van der Waals surface area contributed by atoms with Crippen molar-refractivity contribution in [3.8, 4) is 11.1 Å². The largest absolute Gasteiger partial charge is 0.445 e. The summed E-state index contributed by atoms with van der Waals surface area (Å²) in [6.45, 7) is -0.519. The zero-order valence-electron chi connectivity index (χ0n) is 14.9. The van der Waals surface area contributed by atoms with Crippen molar-refractivity contribution in [2.75, 3.05) is 6.54 Å². The van der Waals surface area contributed by atoms with E-state index in [4.69, 9.17) is 16.0 Å². The van der Waals surface area contributed by atoms with Gasteiger partial charge in [-0.2, -0.15) is 13.2 Å². The number of furan rings is 1. The van der Waals surface area contributed by atoms with Gasteiger partial charge in [-0.05, 0) is 30.5 Å². The molecule has 1 atom stereocenters. The highest BCUT2D eigenvalue weighted by atomic mass is 35.5. The molecule has 1 unspecified atom stereocenters. The second kappa shape index (κ2) is 7.22. The maximum atomic E-state index is 13.1. The summed E-state index contributed by atoms with van der Waals surface area (Å²) in [4.78, 5) is 30.2. The van der Waals surface area contributed by atoms with Crippen LogP contribution in [0.25, 0.3) is 22.2 Å². The summed E-state index contributed by atoms with van der Waals surface area (Å²) < 4.78 is 45.7. The second-order valence-electron chi connectivity index (χ2n) is 6.80. The molecular formula is C19H15ClF3N3O3. The molecule has 1 fully saturated rings. The predicted molar refractivity (Wildman–Crippen MR) is 99.5 cm³/mol. The van der Waals surface area contributed by atoms with E-state index in [1.807, 2.05) is 0 Å². The van der Waals surface area contributed by atoms with E-state index in [-0.39, 0.29) is 30.5 Å². The number of aromatic nitrogens is 2. The van der Waals surface area contributed by atoms with Crippen molar-refractivity contribution < 1.29 is 22.4 Å². The van der Waals surface area contributed by atoms with Crippen LogP contribution in [0.4, 0.5) is 13.2 Å². The van der Waals surface area contributed by atoms with Gasteiger partial charge in [-0.25, -0.2) is 4.98 Å². The van der Waals surface area contributed by atoms with Gasteiger partial charge < -0.3 is 9.32 Å². The number of fused-ring (bicyclic) bond motifs is 1. The molecule has 0 saturated carbocycles. The van der Waals surface area contributed by atoms with E-state index in [9.17, 15) is 22.8 Å². The first kappa shape index (κ1) is 19.5. The van der Waals surface area contributed by atoms with Gasteiger partial charge >= 0.3 is 6.18 Å². The number of likely N-dealkylation sites (tertiary alicyclic amines) is 1. The number of rotatable bonds is 3. The molecule has 3 aromatic rings. The molecule has 1 aliphatic heterocycles. The van der Waals surface area contributed by atoms with Gasteiger partial charge in [0.15, 0.2) is 0 Å². The third kappa shape index (κ3) is 3.62. The number of alkyl halides is 3. The maximum absolute atomic E-state index is 13.1. The lowest BCUT2D eigenvalue weighted by Crippen LogP contribution is -2.46. The number of halogens is 4. The first-order valence-electron chi connectivity index (χ1n) is 8.84. The Hall–Kier alpha value is -2.81. The summed E-state index contributed by atoms with van der Waals surface area (Å²) in [5.74, 6) is -0.774. The lowest BCUT2D eigenvalue weighted by Gasteiger charge is -2.26. The third-order valence-electron chi connectivity index (χ3n) is 4.97. The maximum Gasteiger partial charge on any atom is 0.408 e. The van der Waals surface area contributed by atoms with Gasteiger partial charge in [-0.3, -0.25) is 14.2 Å². The fourth-order valence-electron chi connectivity index (χ4n) is 3.56. The third-order valence-corrected chi connectivity index (χ3v) is 5.22. The number of hydrogen-bond donors (Lipinski definition) is 0. The number of amides is 1. The van der Waals surface area contributed by atoms with E-state index in [0.717, 1.165) is 15.8 Å². The average molecular weight is 426 g/mol. The van der Waals surface area contributed by atoms with Crippen molar-refractivity contribution in [1.29, 1.82) is 0 Å². The first-order chi connectivity index (χ1) is 13.8. The minimum Gasteiger partial charge on any atom is -0.445 e. The summed E-state index contributed by atoms with van der Waals surface area (Å²) in [6.07, 6.45) is -1.88. The van der Waals surface area contributed by atoms with Crippen LogP contribution in [0.5, 0.6) is 0 Å². The van der Waals surface area contributed by atoms with E-state index in [1.165, 1.54) is 6.26 Å². The lowest BCUT2D eigenvalue weighted by molar-refractivity contribution is -0.183. The van der Waals surface area contributed by atoms with E-state index >= 15 is 0 Å². The first-order valence-corrected chi connectivity index (χ1v) is 9.22. The number of nitrogens with zero attached hydrogens (tertiary/aromatic N) is 3. The number of carbonyl (C=O) groups is 1. The molecule has 152 valence electrons. The van der Waals surface area contributed by atoms with Crippen LogP contribution in [0, 0.1) is 0 Å². The van der Waals surface area contributed by atoms with Crippen LogP contribution in [0.15, 0.2) is 46.1 Å². The summed E-state index contributed by atoms with van der Waals surface area (Å²) in [5, 5.41) is 0.670. The van der Waals surface area contributed by atoms with Crippen molar-refractivity contribution in [3.63, 3.8) is 0 Å². The average Bonchev–Trinajstić information content (AvgIpc) is 3.32. The summed E-state index contributed by atoms with van der Waals surface area (Å²) in [6, 6.07) is 4.89. The normalized spacial score (nSPS) is 17.2. The Labute approximate surface area is 167 Å². The zero-order chi connectivity index (χ0) is 20.8. The predicted octanol–water partition coefficient (Wildman–Crippen LogP) is 3.86. The minimum atomic E-state index is -4.49. The van der Waals surface area contributed by atoms with E-state index in [1.54, 1.807) is 24.3 Å². The Morgan fingerprint density at radius 1 is 1.28 bits per heavy atom. The monoisotopic (exact) mass is 425 g/mol. The molecule has 0 N–H and O–H groups in total. The van der Waals surface area contributed by atoms with Crippen LogP contribution < -0.4 is 5.56 Å². The molecule has 29 heavy (non-hydrogen) atoms. The van der Waals surface area contributed by atoms with Crippen molar-refractivity contribution in [3.05, 3.63) is 52.2 Å². The van der Waals surface area contributed by atoms with Crippen LogP contribution in [0.3, 0.4) is 0 Å². The SMILES string of the molecule is O=C(Cn1cnc2occ(-c3ccc(Cl)cc3)c2c1=O)N1CCCC1C(F)(F)F. The highest BCUT2D eigenvalue weighted by Gasteiger charge is 2.47. The highest BCUT2D eigenvalue weighted by molar-refractivity contribution is 6.30. The molecule has 0 aliphatic carbocycles. The second-order valence-corrected chi connectivity index (χ2v) is 7.24. The van der Waals surface area contributed by atoms with Crippen molar-refractivity contribution in [1.82, 2.24) is 14.5 Å². The number of carbonyl (C=O) groups excluding carboxylic acids is 1. The van der Waals surface area contributed by atoms with E-state index < -0.39 is 30.2 Å². The van der Waals surface area contributed by atoms with Crippen LogP contribution in [0.1, 0.15) is 12.8 Å². The zero-order valence-corrected chi connectivity index (χ0v) is 15.7. The van der Waals surface area contributed by atoms with Gasteiger partial charge in [0.05, 0.1) is 0 Å². The molecule has 2 aromatic heterocycles. The quantitative estimate of drug-likeness (QED) is 0.639. The molecule has 6 nitrogen and oxygen atoms in total. The van der Waals surface area contributed by atoms with Gasteiger partial charge in [0.2, 0.25) is 11.6 Å². The molecule has 1 aromatic carbocycles. The standard InChI is InChI=1S/C19H15ClF3N3O3/c20-12-5-3-11(4-6-12)13-9-29-17-16(13)18(28)25(10-24-17)8-15(27)26-7-1-2-14(26)19(21,22)23/h3-6,9-10,14H,1-2,7-8H2. The van der Waals surface area contributed by atoms with Gasteiger partial charge in [0.1, 0.15) is 30.6 Å². The Kier molecular flexibility index (Phi) is 4.85. The molecule has 1 aliphatic rings. The summed E-state index contributed by atoms with van der Waals surface area (Å²) in [7, 11) is 0. The van der Waals surface area contributed by atoms with E-state index in [2.05, 4.69) is 4.98 Å². The molecule has 4 rings (SSSR count). The fourth-order valence-corrected chi connectivity index (χ4v) is 3.69. The molecule has 0 bridgehead atoms. The molecule has 1 saturated heterocycles. The fraction of sp³-hybridized carbons (Fsp3) is 0.316. The Morgan fingerprint density at radius 3 is 2.69 bits per heavy atom. The highest BCUT2D eigenvalue weighted by Crippen LogP contribution is 2.33. The van der Waals surface area contributed by atoms with Crippen molar-refractivity contribution in [2.45, 2.75) is 31.6 Å².